The lowest BCUT2D eigenvalue weighted by Crippen LogP contribution is -2.13. The average molecular weight is 427 g/mol. The van der Waals surface area contributed by atoms with Gasteiger partial charge in [-0.1, -0.05) is 0 Å². The van der Waals surface area contributed by atoms with Gasteiger partial charge in [0.1, 0.15) is 5.82 Å². The molecule has 0 radical (unpaired) electrons. The van der Waals surface area contributed by atoms with Crippen molar-refractivity contribution >= 4 is 29.3 Å². The predicted octanol–water partition coefficient (Wildman–Crippen LogP) is 5.23. The summed E-state index contributed by atoms with van der Waals surface area (Å²) in [6.45, 7) is 0. The minimum absolute atomic E-state index is 0.0347. The first kappa shape index (κ1) is 21.2. The zero-order valence-corrected chi connectivity index (χ0v) is 15.9. The van der Waals surface area contributed by atoms with Crippen LogP contribution < -0.4 is 5.32 Å². The van der Waals surface area contributed by atoms with Gasteiger partial charge in [0, 0.05) is 39.9 Å². The van der Waals surface area contributed by atoms with Crippen molar-refractivity contribution in [1.82, 2.24) is 0 Å². The molecule has 1 aliphatic rings. The molecule has 154 valence electrons. The maximum atomic E-state index is 14.2. The molecule has 2 aromatic rings. The zero-order chi connectivity index (χ0) is 21.1. The number of rotatable bonds is 6. The SMILES string of the molecule is O=C(O)CC1CCC(Sc2cc(C(=O)Nc3cc(F)c(F)c(F)c3)ccc2F)C1. The van der Waals surface area contributed by atoms with Crippen LogP contribution in [0.4, 0.5) is 23.2 Å². The topological polar surface area (TPSA) is 66.4 Å². The third kappa shape index (κ3) is 5.29. The number of carboxylic acid groups (broad SMARTS) is 1. The highest BCUT2D eigenvalue weighted by atomic mass is 32.2. The number of benzene rings is 2. The Morgan fingerprint density at radius 1 is 1.03 bits per heavy atom. The molecule has 0 saturated heterocycles. The van der Waals surface area contributed by atoms with E-state index in [0.29, 0.717) is 18.6 Å². The summed E-state index contributed by atoms with van der Waals surface area (Å²) in [7, 11) is 0. The number of hydrogen-bond acceptors (Lipinski definition) is 3. The van der Waals surface area contributed by atoms with E-state index < -0.39 is 35.1 Å². The summed E-state index contributed by atoms with van der Waals surface area (Å²) < 4.78 is 53.8. The molecule has 4 nitrogen and oxygen atoms in total. The summed E-state index contributed by atoms with van der Waals surface area (Å²) >= 11 is 1.24. The van der Waals surface area contributed by atoms with Gasteiger partial charge in [0.15, 0.2) is 17.5 Å². The second kappa shape index (κ2) is 8.86. The van der Waals surface area contributed by atoms with Gasteiger partial charge in [0.2, 0.25) is 0 Å². The lowest BCUT2D eigenvalue weighted by Gasteiger charge is -2.12. The lowest BCUT2D eigenvalue weighted by atomic mass is 10.1. The molecule has 2 unspecified atom stereocenters. The Labute approximate surface area is 168 Å². The van der Waals surface area contributed by atoms with E-state index in [1.165, 1.54) is 23.9 Å². The Hall–Kier alpha value is -2.55. The van der Waals surface area contributed by atoms with E-state index in [4.69, 9.17) is 5.11 Å². The third-order valence-electron chi connectivity index (χ3n) is 4.69. The molecule has 0 aliphatic heterocycles. The van der Waals surface area contributed by atoms with Crippen molar-refractivity contribution in [1.29, 1.82) is 0 Å². The predicted molar refractivity (Wildman–Crippen MR) is 99.9 cm³/mol. The third-order valence-corrected chi connectivity index (χ3v) is 6.01. The zero-order valence-electron chi connectivity index (χ0n) is 15.1. The number of carbonyl (C=O) groups is 2. The molecule has 1 saturated carbocycles. The van der Waals surface area contributed by atoms with Crippen molar-refractivity contribution in [2.45, 2.75) is 35.8 Å². The van der Waals surface area contributed by atoms with Crippen LogP contribution in [0.25, 0.3) is 0 Å². The average Bonchev–Trinajstić information content (AvgIpc) is 3.07. The first-order valence-electron chi connectivity index (χ1n) is 8.87. The molecule has 0 aromatic heterocycles. The lowest BCUT2D eigenvalue weighted by molar-refractivity contribution is -0.138. The second-order valence-corrected chi connectivity index (χ2v) is 8.21. The molecule has 0 spiro atoms. The molecular formula is C20H17F4NO3S. The quantitative estimate of drug-likeness (QED) is 0.489. The number of thioether (sulfide) groups is 1. The van der Waals surface area contributed by atoms with Gasteiger partial charge in [-0.3, -0.25) is 9.59 Å². The summed E-state index contributed by atoms with van der Waals surface area (Å²) in [5.74, 6) is -6.58. The first-order chi connectivity index (χ1) is 13.7. The summed E-state index contributed by atoms with van der Waals surface area (Å²) in [6, 6.07) is 4.98. The molecule has 3 rings (SSSR count). The maximum absolute atomic E-state index is 14.2. The van der Waals surface area contributed by atoms with Crippen molar-refractivity contribution < 1.29 is 32.3 Å². The Bertz CT molecular complexity index is 930. The van der Waals surface area contributed by atoms with Crippen molar-refractivity contribution in [3.05, 3.63) is 59.2 Å². The van der Waals surface area contributed by atoms with Crippen LogP contribution in [-0.2, 0) is 4.79 Å². The standard InChI is InChI=1S/C20H17F4NO3S/c21-14-4-2-11(20(28)25-12-8-15(22)19(24)16(23)9-12)7-17(14)29-13-3-1-10(5-13)6-18(26)27/h2,4,7-10,13H,1,3,5-6H2,(H,25,28)(H,26,27). The fourth-order valence-corrected chi connectivity index (χ4v) is 4.67. The number of carbonyl (C=O) groups excluding carboxylic acids is 1. The maximum Gasteiger partial charge on any atom is 0.303 e. The highest BCUT2D eigenvalue weighted by Gasteiger charge is 2.28. The fourth-order valence-electron chi connectivity index (χ4n) is 3.31. The number of carboxylic acids is 1. The number of nitrogens with one attached hydrogen (secondary N) is 1. The van der Waals surface area contributed by atoms with Gasteiger partial charge in [-0.25, -0.2) is 17.6 Å². The number of amides is 1. The summed E-state index contributed by atoms with van der Waals surface area (Å²) in [5, 5.41) is 11.2. The van der Waals surface area contributed by atoms with Crippen LogP contribution >= 0.6 is 11.8 Å². The molecule has 0 heterocycles. The number of halogens is 4. The molecule has 2 aromatic carbocycles. The highest BCUT2D eigenvalue weighted by Crippen LogP contribution is 2.40. The summed E-state index contributed by atoms with van der Waals surface area (Å²) in [5.41, 5.74) is -0.198. The van der Waals surface area contributed by atoms with Gasteiger partial charge in [0.05, 0.1) is 0 Å². The van der Waals surface area contributed by atoms with Gasteiger partial charge in [-0.15, -0.1) is 11.8 Å². The minimum Gasteiger partial charge on any atom is -0.481 e. The fraction of sp³-hybridized carbons (Fsp3) is 0.300. The number of aliphatic carboxylic acids is 1. The Balaban J connectivity index is 1.70. The molecule has 2 N–H and O–H groups in total. The molecule has 9 heteroatoms. The molecule has 1 aliphatic carbocycles. The van der Waals surface area contributed by atoms with Crippen molar-refractivity contribution in [2.24, 2.45) is 5.92 Å². The molecule has 1 fully saturated rings. The van der Waals surface area contributed by atoms with Gasteiger partial charge < -0.3 is 10.4 Å². The molecule has 0 bridgehead atoms. The van der Waals surface area contributed by atoms with Crippen LogP contribution in [0.3, 0.4) is 0 Å². The van der Waals surface area contributed by atoms with Crippen molar-refractivity contribution in [2.75, 3.05) is 5.32 Å². The van der Waals surface area contributed by atoms with Crippen LogP contribution in [0, 0.1) is 29.2 Å². The van der Waals surface area contributed by atoms with E-state index in [1.54, 1.807) is 0 Å². The van der Waals surface area contributed by atoms with Crippen molar-refractivity contribution in [3.63, 3.8) is 0 Å². The normalized spacial score (nSPS) is 18.6. The Morgan fingerprint density at radius 2 is 1.72 bits per heavy atom. The van der Waals surface area contributed by atoms with E-state index in [1.807, 2.05) is 0 Å². The van der Waals surface area contributed by atoms with Crippen LogP contribution in [0.15, 0.2) is 35.2 Å². The van der Waals surface area contributed by atoms with E-state index in [2.05, 4.69) is 5.32 Å². The summed E-state index contributed by atoms with van der Waals surface area (Å²) in [4.78, 5) is 23.4. The van der Waals surface area contributed by atoms with Gasteiger partial charge in [0.25, 0.3) is 5.91 Å². The molecular weight excluding hydrogens is 410 g/mol. The second-order valence-electron chi connectivity index (χ2n) is 6.87. The van der Waals surface area contributed by atoms with Crippen molar-refractivity contribution in [3.8, 4) is 0 Å². The van der Waals surface area contributed by atoms with Crippen LogP contribution in [0.5, 0.6) is 0 Å². The number of anilines is 1. The highest BCUT2D eigenvalue weighted by molar-refractivity contribution is 8.00. The van der Waals surface area contributed by atoms with E-state index >= 15 is 0 Å². The monoisotopic (exact) mass is 427 g/mol. The molecule has 2 atom stereocenters. The Morgan fingerprint density at radius 3 is 2.38 bits per heavy atom. The molecule has 29 heavy (non-hydrogen) atoms. The Kier molecular flexibility index (Phi) is 6.46. The first-order valence-corrected chi connectivity index (χ1v) is 9.74. The smallest absolute Gasteiger partial charge is 0.303 e. The van der Waals surface area contributed by atoms with Crippen LogP contribution in [0.2, 0.25) is 0 Å². The summed E-state index contributed by atoms with van der Waals surface area (Å²) in [6.07, 6.45) is 2.20. The van der Waals surface area contributed by atoms with Crippen LogP contribution in [0.1, 0.15) is 36.0 Å². The number of hydrogen-bond donors (Lipinski definition) is 2. The molecule has 1 amide bonds. The minimum atomic E-state index is -1.64. The van der Waals surface area contributed by atoms with Gasteiger partial charge in [-0.2, -0.15) is 0 Å². The van der Waals surface area contributed by atoms with E-state index in [-0.39, 0.29) is 33.7 Å². The van der Waals surface area contributed by atoms with Gasteiger partial charge in [-0.05, 0) is 43.4 Å². The largest absolute Gasteiger partial charge is 0.481 e. The van der Waals surface area contributed by atoms with Gasteiger partial charge >= 0.3 is 5.97 Å². The van der Waals surface area contributed by atoms with E-state index in [9.17, 15) is 27.2 Å². The van der Waals surface area contributed by atoms with Crippen LogP contribution in [-0.4, -0.2) is 22.2 Å². The van der Waals surface area contributed by atoms with E-state index in [0.717, 1.165) is 18.9 Å².